The monoisotopic (exact) mass is 167 g/mol. The molecule has 1 atom stereocenters. The fourth-order valence-electron chi connectivity index (χ4n) is 0.589. The highest BCUT2D eigenvalue weighted by molar-refractivity contribution is 8.03. The number of rotatable bonds is 1. The normalized spacial score (nSPS) is 8.80. The SMILES string of the molecule is N#CSc1ccc(P)cc1. The minimum Gasteiger partial charge on any atom is -0.185 e. The van der Waals surface area contributed by atoms with Crippen molar-refractivity contribution >= 4 is 26.3 Å². The summed E-state index contributed by atoms with van der Waals surface area (Å²) >= 11 is 1.18. The lowest BCUT2D eigenvalue weighted by Crippen LogP contribution is -1.85. The molecule has 0 N–H and O–H groups in total. The van der Waals surface area contributed by atoms with Crippen LogP contribution in [0, 0.1) is 10.7 Å². The first kappa shape index (κ1) is 7.60. The summed E-state index contributed by atoms with van der Waals surface area (Å²) in [6, 6.07) is 7.78. The molecule has 1 unspecified atom stereocenters. The van der Waals surface area contributed by atoms with E-state index in [0.717, 1.165) is 10.2 Å². The third-order valence-corrected chi connectivity index (χ3v) is 2.03. The minimum absolute atomic E-state index is 0.994. The molecule has 0 saturated carbocycles. The maximum Gasteiger partial charge on any atom is 0.138 e. The van der Waals surface area contributed by atoms with E-state index in [1.165, 1.54) is 11.8 Å². The zero-order valence-electron chi connectivity index (χ0n) is 5.24. The molecule has 0 bridgehead atoms. The van der Waals surface area contributed by atoms with Crippen molar-refractivity contribution in [1.82, 2.24) is 0 Å². The van der Waals surface area contributed by atoms with Gasteiger partial charge in [-0.25, -0.2) is 0 Å². The van der Waals surface area contributed by atoms with Gasteiger partial charge in [-0.15, -0.1) is 9.24 Å². The molecule has 1 aromatic rings. The van der Waals surface area contributed by atoms with Crippen molar-refractivity contribution in [3.8, 4) is 5.40 Å². The molecular formula is C7H6NPS. The molecule has 50 valence electrons. The Bertz CT molecular complexity index is 249. The lowest BCUT2D eigenvalue weighted by atomic mass is 10.4. The van der Waals surface area contributed by atoms with E-state index in [4.69, 9.17) is 5.26 Å². The Labute approximate surface area is 66.6 Å². The maximum atomic E-state index is 8.30. The number of thioether (sulfide) groups is 1. The molecule has 1 nitrogen and oxygen atoms in total. The Morgan fingerprint density at radius 1 is 1.30 bits per heavy atom. The zero-order chi connectivity index (χ0) is 7.40. The molecule has 1 aromatic carbocycles. The number of nitriles is 1. The molecule has 0 spiro atoms. The molecule has 0 saturated heterocycles. The average Bonchev–Trinajstić information content (AvgIpc) is 1.95. The standard InChI is InChI=1S/C7H6NPS/c8-5-10-7-3-1-6(9)2-4-7/h1-4H,9H2. The van der Waals surface area contributed by atoms with E-state index in [1.54, 1.807) is 0 Å². The van der Waals surface area contributed by atoms with E-state index in [0.29, 0.717) is 0 Å². The van der Waals surface area contributed by atoms with Crippen LogP contribution >= 0.6 is 21.0 Å². The van der Waals surface area contributed by atoms with Crippen LogP contribution in [0.25, 0.3) is 0 Å². The number of benzene rings is 1. The Morgan fingerprint density at radius 3 is 2.40 bits per heavy atom. The van der Waals surface area contributed by atoms with Gasteiger partial charge in [0.25, 0.3) is 0 Å². The smallest absolute Gasteiger partial charge is 0.138 e. The van der Waals surface area contributed by atoms with Crippen LogP contribution in [0.4, 0.5) is 0 Å². The van der Waals surface area contributed by atoms with Gasteiger partial charge in [-0.3, -0.25) is 0 Å². The van der Waals surface area contributed by atoms with Gasteiger partial charge in [0.2, 0.25) is 0 Å². The number of hydrogen-bond acceptors (Lipinski definition) is 2. The third kappa shape index (κ3) is 2.02. The van der Waals surface area contributed by atoms with Gasteiger partial charge in [0.1, 0.15) is 5.40 Å². The summed E-state index contributed by atoms with van der Waals surface area (Å²) in [7, 11) is 2.60. The molecule has 0 amide bonds. The maximum absolute atomic E-state index is 8.30. The Hall–Kier alpha value is -0.510. The average molecular weight is 167 g/mol. The lowest BCUT2D eigenvalue weighted by molar-refractivity contribution is 1.49. The van der Waals surface area contributed by atoms with E-state index >= 15 is 0 Å². The van der Waals surface area contributed by atoms with Crippen molar-refractivity contribution < 1.29 is 0 Å². The van der Waals surface area contributed by atoms with Gasteiger partial charge in [-0.05, 0) is 29.2 Å². The topological polar surface area (TPSA) is 23.8 Å². The Kier molecular flexibility index (Phi) is 2.74. The van der Waals surface area contributed by atoms with Crippen molar-refractivity contribution in [2.45, 2.75) is 4.90 Å². The molecule has 10 heavy (non-hydrogen) atoms. The quantitative estimate of drug-likeness (QED) is 0.361. The second kappa shape index (κ2) is 3.61. The third-order valence-electron chi connectivity index (χ3n) is 1.04. The van der Waals surface area contributed by atoms with Gasteiger partial charge in [0.05, 0.1) is 0 Å². The van der Waals surface area contributed by atoms with Crippen LogP contribution in [-0.2, 0) is 0 Å². The Balaban J connectivity index is 2.81. The lowest BCUT2D eigenvalue weighted by Gasteiger charge is -1.92. The van der Waals surface area contributed by atoms with Gasteiger partial charge in [0, 0.05) is 4.90 Å². The minimum atomic E-state index is 0.994. The fourth-order valence-corrected chi connectivity index (χ4v) is 1.16. The summed E-state index contributed by atoms with van der Waals surface area (Å²) < 4.78 is 0. The van der Waals surface area contributed by atoms with Gasteiger partial charge in [0.15, 0.2) is 0 Å². The predicted molar refractivity (Wildman–Crippen MR) is 47.3 cm³/mol. The molecule has 0 radical (unpaired) electrons. The fraction of sp³-hybridized carbons (Fsp3) is 0. The van der Waals surface area contributed by atoms with Crippen LogP contribution in [0.15, 0.2) is 29.2 Å². The Morgan fingerprint density at radius 2 is 1.90 bits per heavy atom. The summed E-state index contributed by atoms with van der Waals surface area (Å²) in [6.07, 6.45) is 0. The summed E-state index contributed by atoms with van der Waals surface area (Å²) in [4.78, 5) is 0.994. The summed E-state index contributed by atoms with van der Waals surface area (Å²) in [5.41, 5.74) is 0. The molecule has 0 heterocycles. The first-order valence-corrected chi connectivity index (χ1v) is 4.14. The molecule has 0 aliphatic rings. The van der Waals surface area contributed by atoms with E-state index < -0.39 is 0 Å². The van der Waals surface area contributed by atoms with Crippen LogP contribution in [0.5, 0.6) is 0 Å². The van der Waals surface area contributed by atoms with E-state index in [-0.39, 0.29) is 0 Å². The van der Waals surface area contributed by atoms with Crippen LogP contribution < -0.4 is 5.30 Å². The predicted octanol–water partition coefficient (Wildman–Crippen LogP) is 1.76. The van der Waals surface area contributed by atoms with Crippen LogP contribution in [0.2, 0.25) is 0 Å². The molecular weight excluding hydrogens is 161 g/mol. The second-order valence-electron chi connectivity index (χ2n) is 1.76. The highest BCUT2D eigenvalue weighted by atomic mass is 32.2. The number of thiocyanates is 1. The van der Waals surface area contributed by atoms with Crippen LogP contribution in [0.3, 0.4) is 0 Å². The van der Waals surface area contributed by atoms with Crippen molar-refractivity contribution in [3.63, 3.8) is 0 Å². The van der Waals surface area contributed by atoms with Gasteiger partial charge >= 0.3 is 0 Å². The molecule has 0 aromatic heterocycles. The number of hydrogen-bond donors (Lipinski definition) is 0. The molecule has 0 fully saturated rings. The highest BCUT2D eigenvalue weighted by Gasteiger charge is 1.89. The molecule has 1 rings (SSSR count). The first-order chi connectivity index (χ1) is 4.83. The van der Waals surface area contributed by atoms with Crippen LogP contribution in [-0.4, -0.2) is 0 Å². The van der Waals surface area contributed by atoms with E-state index in [9.17, 15) is 0 Å². The van der Waals surface area contributed by atoms with Crippen molar-refractivity contribution in [1.29, 1.82) is 5.26 Å². The van der Waals surface area contributed by atoms with Crippen LogP contribution in [0.1, 0.15) is 0 Å². The van der Waals surface area contributed by atoms with Gasteiger partial charge < -0.3 is 0 Å². The van der Waals surface area contributed by atoms with E-state index in [2.05, 4.69) is 9.24 Å². The second-order valence-corrected chi connectivity index (χ2v) is 3.29. The largest absolute Gasteiger partial charge is 0.185 e. The summed E-state index contributed by atoms with van der Waals surface area (Å²) in [5, 5.41) is 11.5. The molecule has 0 aliphatic carbocycles. The van der Waals surface area contributed by atoms with Gasteiger partial charge in [-0.2, -0.15) is 5.26 Å². The summed E-state index contributed by atoms with van der Waals surface area (Å²) in [6.45, 7) is 0. The van der Waals surface area contributed by atoms with Crippen molar-refractivity contribution in [2.75, 3.05) is 0 Å². The first-order valence-electron chi connectivity index (χ1n) is 2.74. The van der Waals surface area contributed by atoms with Crippen molar-refractivity contribution in [2.24, 2.45) is 0 Å². The zero-order valence-corrected chi connectivity index (χ0v) is 7.21. The molecule has 3 heteroatoms. The molecule has 0 aliphatic heterocycles. The highest BCUT2D eigenvalue weighted by Crippen LogP contribution is 2.14. The van der Waals surface area contributed by atoms with Gasteiger partial charge in [-0.1, -0.05) is 12.1 Å². The summed E-state index contributed by atoms with van der Waals surface area (Å²) in [5.74, 6) is 0. The number of nitrogens with zero attached hydrogens (tertiary/aromatic N) is 1. The van der Waals surface area contributed by atoms with E-state index in [1.807, 2.05) is 29.7 Å². The van der Waals surface area contributed by atoms with Crippen molar-refractivity contribution in [3.05, 3.63) is 24.3 Å².